The van der Waals surface area contributed by atoms with E-state index in [1.165, 1.54) is 0 Å². The van der Waals surface area contributed by atoms with E-state index in [0.29, 0.717) is 0 Å². The molecule has 2 saturated heterocycles. The Labute approximate surface area is 119 Å². The fraction of sp³-hybridized carbons (Fsp3) is 0.667. The average Bonchev–Trinajstić information content (AvgIpc) is 2.88. The maximum atomic E-state index is 12.2. The summed E-state index contributed by atoms with van der Waals surface area (Å²) in [6, 6.07) is 0. The molecule has 1 amide bonds. The molecule has 3 rings (SSSR count). The molecule has 1 N–H and O–H groups in total. The van der Waals surface area contributed by atoms with Gasteiger partial charge in [0.25, 0.3) is 0 Å². The van der Waals surface area contributed by atoms with Gasteiger partial charge in [0.2, 0.25) is 11.9 Å². The molecule has 2 fully saturated rings. The van der Waals surface area contributed by atoms with Gasteiger partial charge in [0, 0.05) is 31.5 Å². The topological polar surface area (TPSA) is 58.1 Å². The highest BCUT2D eigenvalue weighted by molar-refractivity contribution is 5.84. The number of hydrogen-bond donors (Lipinski definition) is 1. The Morgan fingerprint density at radius 2 is 2.30 bits per heavy atom. The first-order chi connectivity index (χ1) is 9.64. The number of piperidine rings is 1. The van der Waals surface area contributed by atoms with Gasteiger partial charge in [-0.1, -0.05) is 6.92 Å². The summed E-state index contributed by atoms with van der Waals surface area (Å²) >= 11 is 0. The van der Waals surface area contributed by atoms with Crippen LogP contribution in [0.1, 0.15) is 37.4 Å². The molecular weight excluding hydrogens is 252 g/mol. The number of aromatic nitrogens is 2. The van der Waals surface area contributed by atoms with Crippen molar-refractivity contribution in [2.75, 3.05) is 24.5 Å². The second-order valence-corrected chi connectivity index (χ2v) is 5.96. The molecule has 2 aliphatic heterocycles. The lowest BCUT2D eigenvalue weighted by molar-refractivity contribution is -0.132. The monoisotopic (exact) mass is 274 g/mol. The average molecular weight is 274 g/mol. The molecule has 5 nitrogen and oxygen atoms in total. The lowest BCUT2D eigenvalue weighted by Crippen LogP contribution is -2.47. The number of carbonyl (C=O) groups excluding carboxylic acids is 1. The fourth-order valence-electron chi connectivity index (χ4n) is 3.34. The van der Waals surface area contributed by atoms with Crippen molar-refractivity contribution in [1.82, 2.24) is 15.3 Å². The molecule has 108 valence electrons. The Kier molecular flexibility index (Phi) is 3.36. The zero-order valence-electron chi connectivity index (χ0n) is 12.3. The van der Waals surface area contributed by atoms with Crippen molar-refractivity contribution in [3.05, 3.63) is 17.5 Å². The van der Waals surface area contributed by atoms with Gasteiger partial charge >= 0.3 is 0 Å². The highest BCUT2D eigenvalue weighted by Crippen LogP contribution is 2.38. The molecule has 1 unspecified atom stereocenters. The van der Waals surface area contributed by atoms with Crippen LogP contribution in [0.4, 0.5) is 5.95 Å². The maximum absolute atomic E-state index is 12.2. The van der Waals surface area contributed by atoms with Gasteiger partial charge in [-0.05, 0) is 38.2 Å². The van der Waals surface area contributed by atoms with E-state index in [1.54, 1.807) is 0 Å². The van der Waals surface area contributed by atoms with E-state index in [-0.39, 0.29) is 11.3 Å². The number of anilines is 1. The second-order valence-electron chi connectivity index (χ2n) is 5.96. The van der Waals surface area contributed by atoms with Crippen LogP contribution in [0.25, 0.3) is 0 Å². The van der Waals surface area contributed by atoms with Crippen molar-refractivity contribution in [2.24, 2.45) is 5.41 Å². The first-order valence-corrected chi connectivity index (χ1v) is 7.50. The third-order valence-electron chi connectivity index (χ3n) is 4.63. The van der Waals surface area contributed by atoms with Gasteiger partial charge in [-0.25, -0.2) is 9.97 Å². The Hall–Kier alpha value is -1.65. The van der Waals surface area contributed by atoms with Crippen LogP contribution in [0.5, 0.6) is 0 Å². The van der Waals surface area contributed by atoms with Crippen molar-refractivity contribution in [1.29, 1.82) is 0 Å². The summed E-state index contributed by atoms with van der Waals surface area (Å²) < 4.78 is 0. The highest BCUT2D eigenvalue weighted by atomic mass is 16.2. The van der Waals surface area contributed by atoms with Crippen LogP contribution in [0.2, 0.25) is 0 Å². The number of nitrogens with zero attached hydrogens (tertiary/aromatic N) is 3. The predicted octanol–water partition coefficient (Wildman–Crippen LogP) is 1.45. The molecule has 5 heteroatoms. The number of amides is 1. The molecule has 20 heavy (non-hydrogen) atoms. The van der Waals surface area contributed by atoms with Crippen LogP contribution in [0.3, 0.4) is 0 Å². The van der Waals surface area contributed by atoms with E-state index in [1.807, 2.05) is 13.1 Å². The minimum absolute atomic E-state index is 0.209. The standard InChI is InChI=1S/C15H22N4O/c1-3-12-11(2)9-17-14(18-12)19-8-6-15(10-19)5-4-7-16-13(15)20/h9H,3-8,10H2,1-2H3,(H,16,20). The number of nitrogens with one attached hydrogen (secondary N) is 1. The minimum Gasteiger partial charge on any atom is -0.356 e. The molecule has 1 aromatic rings. The van der Waals surface area contributed by atoms with E-state index < -0.39 is 0 Å². The van der Waals surface area contributed by atoms with Crippen LogP contribution >= 0.6 is 0 Å². The van der Waals surface area contributed by atoms with Gasteiger partial charge in [0.1, 0.15) is 0 Å². The minimum atomic E-state index is -0.209. The lowest BCUT2D eigenvalue weighted by Gasteiger charge is -2.32. The van der Waals surface area contributed by atoms with E-state index in [9.17, 15) is 4.79 Å². The normalized spacial score (nSPS) is 26.1. The van der Waals surface area contributed by atoms with Gasteiger partial charge < -0.3 is 10.2 Å². The van der Waals surface area contributed by atoms with E-state index in [2.05, 4.69) is 27.1 Å². The molecule has 1 atom stereocenters. The zero-order chi connectivity index (χ0) is 14.2. The largest absolute Gasteiger partial charge is 0.356 e. The summed E-state index contributed by atoms with van der Waals surface area (Å²) in [6.07, 6.45) is 5.79. The van der Waals surface area contributed by atoms with Crippen LogP contribution in [0.15, 0.2) is 6.20 Å². The smallest absolute Gasteiger partial charge is 0.228 e. The third kappa shape index (κ3) is 2.15. The van der Waals surface area contributed by atoms with Gasteiger partial charge in [-0.3, -0.25) is 4.79 Å². The quantitative estimate of drug-likeness (QED) is 0.887. The molecule has 3 heterocycles. The SMILES string of the molecule is CCc1nc(N2CCC3(CCCNC3=O)C2)ncc1C. The molecule has 0 radical (unpaired) electrons. The Morgan fingerprint density at radius 3 is 3.05 bits per heavy atom. The Morgan fingerprint density at radius 1 is 1.45 bits per heavy atom. The summed E-state index contributed by atoms with van der Waals surface area (Å²) in [4.78, 5) is 23.5. The predicted molar refractivity (Wildman–Crippen MR) is 77.7 cm³/mol. The molecular formula is C15H22N4O. The zero-order valence-corrected chi connectivity index (χ0v) is 12.3. The van der Waals surface area contributed by atoms with Crippen molar-refractivity contribution in [3.63, 3.8) is 0 Å². The van der Waals surface area contributed by atoms with E-state index >= 15 is 0 Å². The van der Waals surface area contributed by atoms with Gasteiger partial charge in [-0.2, -0.15) is 0 Å². The van der Waals surface area contributed by atoms with Crippen LogP contribution < -0.4 is 10.2 Å². The van der Waals surface area contributed by atoms with Crippen molar-refractivity contribution in [2.45, 2.75) is 39.5 Å². The van der Waals surface area contributed by atoms with E-state index in [0.717, 1.165) is 62.5 Å². The molecule has 2 aliphatic rings. The first-order valence-electron chi connectivity index (χ1n) is 7.50. The van der Waals surface area contributed by atoms with Crippen molar-refractivity contribution in [3.8, 4) is 0 Å². The molecule has 0 saturated carbocycles. The lowest BCUT2D eigenvalue weighted by atomic mass is 9.79. The molecule has 0 aliphatic carbocycles. The number of hydrogen-bond acceptors (Lipinski definition) is 4. The molecule has 1 spiro atoms. The highest BCUT2D eigenvalue weighted by Gasteiger charge is 2.46. The van der Waals surface area contributed by atoms with Crippen LogP contribution in [-0.4, -0.2) is 35.5 Å². The Balaban J connectivity index is 1.81. The summed E-state index contributed by atoms with van der Waals surface area (Å²) in [7, 11) is 0. The summed E-state index contributed by atoms with van der Waals surface area (Å²) in [5, 5.41) is 3.01. The van der Waals surface area contributed by atoms with Gasteiger partial charge in [0.05, 0.1) is 5.41 Å². The molecule has 1 aromatic heterocycles. The second kappa shape index (κ2) is 5.04. The first kappa shape index (κ1) is 13.3. The Bertz CT molecular complexity index is 531. The van der Waals surface area contributed by atoms with Crippen molar-refractivity contribution < 1.29 is 4.79 Å². The molecule has 0 aromatic carbocycles. The number of aryl methyl sites for hydroxylation is 2. The summed E-state index contributed by atoms with van der Waals surface area (Å²) in [5.41, 5.74) is 2.03. The molecule has 0 bridgehead atoms. The van der Waals surface area contributed by atoms with Gasteiger partial charge in [-0.15, -0.1) is 0 Å². The summed E-state index contributed by atoms with van der Waals surface area (Å²) in [5.74, 6) is 0.997. The van der Waals surface area contributed by atoms with Crippen molar-refractivity contribution >= 4 is 11.9 Å². The third-order valence-corrected chi connectivity index (χ3v) is 4.63. The fourth-order valence-corrected chi connectivity index (χ4v) is 3.34. The maximum Gasteiger partial charge on any atom is 0.228 e. The number of carbonyl (C=O) groups is 1. The van der Waals surface area contributed by atoms with Crippen LogP contribution in [0, 0.1) is 12.3 Å². The van der Waals surface area contributed by atoms with Gasteiger partial charge in [0.15, 0.2) is 0 Å². The number of rotatable bonds is 2. The van der Waals surface area contributed by atoms with E-state index in [4.69, 9.17) is 0 Å². The van der Waals surface area contributed by atoms with Crippen LogP contribution in [-0.2, 0) is 11.2 Å². The summed E-state index contributed by atoms with van der Waals surface area (Å²) in [6.45, 7) is 6.61.